The Hall–Kier alpha value is -1.14. The Morgan fingerprint density at radius 1 is 1.50 bits per heavy atom. The molecule has 18 heavy (non-hydrogen) atoms. The van der Waals surface area contributed by atoms with Crippen LogP contribution < -0.4 is 0 Å². The maximum atomic E-state index is 13.4. The molecule has 0 bridgehead atoms. The number of amides is 1. The predicted molar refractivity (Wildman–Crippen MR) is 68.3 cm³/mol. The van der Waals surface area contributed by atoms with Crippen molar-refractivity contribution in [3.63, 3.8) is 0 Å². The van der Waals surface area contributed by atoms with Crippen molar-refractivity contribution >= 4 is 39.4 Å². The van der Waals surface area contributed by atoms with Crippen molar-refractivity contribution in [2.45, 2.75) is 6.42 Å². The second-order valence-corrected chi connectivity index (χ2v) is 4.85. The highest BCUT2D eigenvalue weighted by molar-refractivity contribution is 9.10. The lowest BCUT2D eigenvalue weighted by molar-refractivity contribution is -0.137. The molecule has 1 aromatic rings. The molecule has 7 heteroatoms. The fraction of sp³-hybridized carbons (Fsp3) is 0.273. The van der Waals surface area contributed by atoms with Crippen molar-refractivity contribution in [1.29, 1.82) is 0 Å². The number of halogens is 3. The van der Waals surface area contributed by atoms with Crippen molar-refractivity contribution in [2.24, 2.45) is 0 Å². The van der Waals surface area contributed by atoms with Crippen LogP contribution in [-0.2, 0) is 4.79 Å². The second kappa shape index (κ2) is 6.15. The summed E-state index contributed by atoms with van der Waals surface area (Å²) in [4.78, 5) is 23.6. The van der Waals surface area contributed by atoms with Crippen LogP contribution in [0, 0.1) is 5.82 Å². The summed E-state index contributed by atoms with van der Waals surface area (Å²) < 4.78 is 13.4. The van der Waals surface area contributed by atoms with E-state index < -0.39 is 17.7 Å². The van der Waals surface area contributed by atoms with E-state index in [1.165, 1.54) is 18.0 Å². The van der Waals surface area contributed by atoms with E-state index in [0.717, 1.165) is 6.07 Å². The summed E-state index contributed by atoms with van der Waals surface area (Å²) in [5, 5.41) is 8.63. The first-order valence-corrected chi connectivity index (χ1v) is 6.12. The van der Waals surface area contributed by atoms with Crippen LogP contribution in [0.5, 0.6) is 0 Å². The van der Waals surface area contributed by atoms with Gasteiger partial charge in [0.25, 0.3) is 5.91 Å². The first kappa shape index (κ1) is 14.9. The zero-order valence-corrected chi connectivity index (χ0v) is 11.8. The summed E-state index contributed by atoms with van der Waals surface area (Å²) in [5.74, 6) is -2.15. The van der Waals surface area contributed by atoms with Gasteiger partial charge >= 0.3 is 5.97 Å². The Morgan fingerprint density at radius 3 is 2.67 bits per heavy atom. The van der Waals surface area contributed by atoms with Crippen molar-refractivity contribution < 1.29 is 19.1 Å². The molecule has 0 unspecified atom stereocenters. The zero-order valence-electron chi connectivity index (χ0n) is 9.41. The molecule has 1 aromatic carbocycles. The molecule has 0 spiro atoms. The monoisotopic (exact) mass is 337 g/mol. The Kier molecular flexibility index (Phi) is 5.10. The molecule has 0 atom stereocenters. The highest BCUT2D eigenvalue weighted by Gasteiger charge is 2.18. The number of benzene rings is 1. The maximum absolute atomic E-state index is 13.4. The number of rotatable bonds is 4. The summed E-state index contributed by atoms with van der Waals surface area (Å²) in [7, 11) is 1.44. The quantitative estimate of drug-likeness (QED) is 0.859. The number of carbonyl (C=O) groups excluding carboxylic acids is 1. The molecule has 0 saturated heterocycles. The minimum Gasteiger partial charge on any atom is -0.481 e. The van der Waals surface area contributed by atoms with Crippen LogP contribution in [0.3, 0.4) is 0 Å². The molecular formula is C11H10BrClFNO3. The van der Waals surface area contributed by atoms with Crippen LogP contribution in [-0.4, -0.2) is 35.5 Å². The first-order chi connectivity index (χ1) is 8.32. The van der Waals surface area contributed by atoms with Gasteiger partial charge in [-0.3, -0.25) is 9.59 Å². The minimum absolute atomic E-state index is 0.0130. The average molecular weight is 339 g/mol. The standard InChI is InChI=1S/C11H10BrClFNO3/c1-15(3-2-9(16)17)11(18)7-4-6(13)5-8(14)10(7)12/h4-5H,2-3H2,1H3,(H,16,17). The van der Waals surface area contributed by atoms with Crippen LogP contribution >= 0.6 is 27.5 Å². The summed E-state index contributed by atoms with van der Waals surface area (Å²) in [6.45, 7) is 0.0364. The van der Waals surface area contributed by atoms with E-state index in [2.05, 4.69) is 15.9 Å². The van der Waals surface area contributed by atoms with Crippen LogP contribution in [0.4, 0.5) is 4.39 Å². The van der Waals surface area contributed by atoms with Crippen molar-refractivity contribution in [1.82, 2.24) is 4.90 Å². The van der Waals surface area contributed by atoms with E-state index in [4.69, 9.17) is 16.7 Å². The third kappa shape index (κ3) is 3.68. The van der Waals surface area contributed by atoms with E-state index in [9.17, 15) is 14.0 Å². The van der Waals surface area contributed by atoms with E-state index >= 15 is 0 Å². The van der Waals surface area contributed by atoms with Crippen molar-refractivity contribution in [2.75, 3.05) is 13.6 Å². The largest absolute Gasteiger partial charge is 0.481 e. The molecule has 1 N–H and O–H groups in total. The second-order valence-electron chi connectivity index (χ2n) is 3.62. The zero-order chi connectivity index (χ0) is 13.9. The first-order valence-electron chi connectivity index (χ1n) is 4.94. The molecule has 0 fully saturated rings. The third-order valence-electron chi connectivity index (χ3n) is 2.23. The van der Waals surface area contributed by atoms with Crippen LogP contribution in [0.1, 0.15) is 16.8 Å². The molecule has 0 aliphatic rings. The maximum Gasteiger partial charge on any atom is 0.305 e. The van der Waals surface area contributed by atoms with Gasteiger partial charge in [0.2, 0.25) is 0 Å². The van der Waals surface area contributed by atoms with Gasteiger partial charge in [-0.2, -0.15) is 0 Å². The minimum atomic E-state index is -1.01. The molecule has 0 aliphatic carbocycles. The molecule has 1 amide bonds. The predicted octanol–water partition coefficient (Wildman–Crippen LogP) is 2.79. The van der Waals surface area contributed by atoms with Crippen molar-refractivity contribution in [3.8, 4) is 0 Å². The SMILES string of the molecule is CN(CCC(=O)O)C(=O)c1cc(Cl)cc(F)c1Br. The molecule has 0 saturated carbocycles. The smallest absolute Gasteiger partial charge is 0.305 e. The van der Waals surface area contributed by atoms with Gasteiger partial charge in [-0.25, -0.2) is 4.39 Å². The Morgan fingerprint density at radius 2 is 2.11 bits per heavy atom. The average Bonchev–Trinajstić information content (AvgIpc) is 2.29. The summed E-state index contributed by atoms with van der Waals surface area (Å²) in [6, 6.07) is 2.41. The van der Waals surface area contributed by atoms with Gasteiger partial charge in [-0.05, 0) is 28.1 Å². The third-order valence-corrected chi connectivity index (χ3v) is 3.26. The Bertz CT molecular complexity index is 495. The highest BCUT2D eigenvalue weighted by atomic mass is 79.9. The van der Waals surface area contributed by atoms with Gasteiger partial charge < -0.3 is 10.0 Å². The van der Waals surface area contributed by atoms with Crippen LogP contribution in [0.15, 0.2) is 16.6 Å². The van der Waals surface area contributed by atoms with Crippen molar-refractivity contribution in [3.05, 3.63) is 33.0 Å². The van der Waals surface area contributed by atoms with Gasteiger partial charge in [0.15, 0.2) is 0 Å². The lowest BCUT2D eigenvalue weighted by Gasteiger charge is -2.17. The number of carboxylic acids is 1. The van der Waals surface area contributed by atoms with Gasteiger partial charge in [0.1, 0.15) is 5.82 Å². The number of aliphatic carboxylic acids is 1. The molecule has 0 heterocycles. The van der Waals surface area contributed by atoms with Gasteiger partial charge in [0.05, 0.1) is 16.5 Å². The molecule has 4 nitrogen and oxygen atoms in total. The van der Waals surface area contributed by atoms with Crippen LogP contribution in [0.25, 0.3) is 0 Å². The fourth-order valence-electron chi connectivity index (χ4n) is 1.28. The number of carboxylic acid groups (broad SMARTS) is 1. The van der Waals surface area contributed by atoms with Gasteiger partial charge in [-0.1, -0.05) is 11.6 Å². The van der Waals surface area contributed by atoms with E-state index in [-0.39, 0.29) is 28.0 Å². The molecular weight excluding hydrogens is 328 g/mol. The topological polar surface area (TPSA) is 57.6 Å². The molecule has 0 aliphatic heterocycles. The molecule has 0 aromatic heterocycles. The molecule has 98 valence electrons. The summed E-state index contributed by atoms with van der Waals surface area (Å²) in [5.41, 5.74) is 0.0629. The Labute approximate surface area is 116 Å². The Balaban J connectivity index is 2.93. The van der Waals surface area contributed by atoms with Gasteiger partial charge in [-0.15, -0.1) is 0 Å². The number of hydrogen-bond acceptors (Lipinski definition) is 2. The summed E-state index contributed by atoms with van der Waals surface area (Å²) in [6.07, 6.45) is -0.178. The fourth-order valence-corrected chi connectivity index (χ4v) is 1.89. The van der Waals surface area contributed by atoms with E-state index in [1.54, 1.807) is 0 Å². The summed E-state index contributed by atoms with van der Waals surface area (Å²) >= 11 is 8.64. The van der Waals surface area contributed by atoms with Crippen LogP contribution in [0.2, 0.25) is 5.02 Å². The number of carbonyl (C=O) groups is 2. The number of nitrogens with zero attached hydrogens (tertiary/aromatic N) is 1. The highest BCUT2D eigenvalue weighted by Crippen LogP contribution is 2.26. The van der Waals surface area contributed by atoms with E-state index in [1.807, 2.05) is 0 Å². The van der Waals surface area contributed by atoms with E-state index in [0.29, 0.717) is 0 Å². The lowest BCUT2D eigenvalue weighted by atomic mass is 10.2. The lowest BCUT2D eigenvalue weighted by Crippen LogP contribution is -2.29. The molecule has 1 rings (SSSR count). The number of hydrogen-bond donors (Lipinski definition) is 1. The molecule has 0 radical (unpaired) electrons. The van der Waals surface area contributed by atoms with Gasteiger partial charge in [0, 0.05) is 18.6 Å². The normalized spacial score (nSPS) is 10.2.